The Morgan fingerprint density at radius 1 is 1.03 bits per heavy atom. The molecule has 0 saturated heterocycles. The van der Waals surface area contributed by atoms with E-state index in [2.05, 4.69) is 5.32 Å². The van der Waals surface area contributed by atoms with Crippen molar-refractivity contribution >= 4 is 46.6 Å². The van der Waals surface area contributed by atoms with Gasteiger partial charge in [0.2, 0.25) is 5.91 Å². The first-order valence-corrected chi connectivity index (χ1v) is 10.8. The average molecular weight is 472 g/mol. The summed E-state index contributed by atoms with van der Waals surface area (Å²) in [5.74, 6) is -0.0923. The van der Waals surface area contributed by atoms with Crippen LogP contribution in [0.1, 0.15) is 32.8 Å². The normalized spacial score (nSPS) is 11.8. The van der Waals surface area contributed by atoms with Gasteiger partial charge in [-0.1, -0.05) is 47.8 Å². The zero-order valence-electron chi connectivity index (χ0n) is 17.1. The van der Waals surface area contributed by atoms with Crippen LogP contribution in [0.4, 0.5) is 0 Å². The van der Waals surface area contributed by atoms with Gasteiger partial charge in [-0.2, -0.15) is 0 Å². The van der Waals surface area contributed by atoms with Crippen molar-refractivity contribution in [1.82, 2.24) is 10.2 Å². The topological polar surface area (TPSA) is 58.6 Å². The first-order valence-electron chi connectivity index (χ1n) is 9.64. The highest BCUT2D eigenvalue weighted by Gasteiger charge is 2.30. The number of halogens is 3. The Hall–Kier alpha value is -1.95. The van der Waals surface area contributed by atoms with Gasteiger partial charge in [0.1, 0.15) is 11.8 Å². The second-order valence-electron chi connectivity index (χ2n) is 7.05. The first-order chi connectivity index (χ1) is 14.2. The maximum Gasteiger partial charge on any atom is 0.261 e. The van der Waals surface area contributed by atoms with E-state index in [0.29, 0.717) is 32.8 Å². The largest absolute Gasteiger partial charge is 0.484 e. The molecule has 0 aliphatic carbocycles. The minimum atomic E-state index is -0.693. The van der Waals surface area contributed by atoms with E-state index in [0.717, 1.165) is 0 Å². The Bertz CT molecular complexity index is 852. The third kappa shape index (κ3) is 6.79. The summed E-state index contributed by atoms with van der Waals surface area (Å²) in [7, 11) is 0. The van der Waals surface area contributed by atoms with Crippen LogP contribution in [0.2, 0.25) is 15.1 Å². The molecule has 0 spiro atoms. The molecule has 2 aromatic carbocycles. The van der Waals surface area contributed by atoms with E-state index < -0.39 is 6.04 Å². The van der Waals surface area contributed by atoms with Gasteiger partial charge >= 0.3 is 0 Å². The van der Waals surface area contributed by atoms with Crippen molar-refractivity contribution in [2.24, 2.45) is 0 Å². The Labute approximate surface area is 192 Å². The van der Waals surface area contributed by atoms with Gasteiger partial charge in [-0.05, 0) is 56.7 Å². The summed E-state index contributed by atoms with van der Waals surface area (Å²) in [6, 6.07) is 11.1. The molecule has 0 aromatic heterocycles. The summed E-state index contributed by atoms with van der Waals surface area (Å²) >= 11 is 18.5. The monoisotopic (exact) mass is 470 g/mol. The van der Waals surface area contributed by atoms with E-state index in [9.17, 15) is 9.59 Å². The van der Waals surface area contributed by atoms with Crippen LogP contribution in [0.25, 0.3) is 0 Å². The molecule has 0 bridgehead atoms. The van der Waals surface area contributed by atoms with Crippen molar-refractivity contribution in [3.63, 3.8) is 0 Å². The van der Waals surface area contributed by atoms with E-state index in [1.54, 1.807) is 42.5 Å². The lowest BCUT2D eigenvalue weighted by Crippen LogP contribution is -2.51. The van der Waals surface area contributed by atoms with Gasteiger partial charge in [0.05, 0.1) is 0 Å². The average Bonchev–Trinajstić information content (AvgIpc) is 2.68. The molecule has 0 saturated carbocycles. The molecule has 0 fully saturated rings. The zero-order valence-corrected chi connectivity index (χ0v) is 19.4. The van der Waals surface area contributed by atoms with Crippen LogP contribution < -0.4 is 10.1 Å². The molecule has 5 nitrogen and oxygen atoms in total. The van der Waals surface area contributed by atoms with Crippen molar-refractivity contribution < 1.29 is 14.3 Å². The van der Waals surface area contributed by atoms with E-state index in [1.807, 2.05) is 20.8 Å². The van der Waals surface area contributed by atoms with Crippen LogP contribution in [0.5, 0.6) is 5.75 Å². The molecule has 0 heterocycles. The highest BCUT2D eigenvalue weighted by molar-refractivity contribution is 6.36. The van der Waals surface area contributed by atoms with Crippen molar-refractivity contribution in [3.8, 4) is 5.75 Å². The second-order valence-corrected chi connectivity index (χ2v) is 8.30. The van der Waals surface area contributed by atoms with Crippen LogP contribution in [-0.2, 0) is 16.1 Å². The van der Waals surface area contributed by atoms with E-state index in [4.69, 9.17) is 39.5 Å². The van der Waals surface area contributed by atoms with Gasteiger partial charge in [0.15, 0.2) is 6.61 Å². The Morgan fingerprint density at radius 2 is 1.63 bits per heavy atom. The van der Waals surface area contributed by atoms with Crippen LogP contribution in [0.15, 0.2) is 42.5 Å². The number of amides is 2. The fourth-order valence-electron chi connectivity index (χ4n) is 2.91. The standard InChI is InChI=1S/C22H25Cl3N2O3/c1-4-20(22(29)26-14(2)3)27(12-17-18(24)6-5-7-19(17)25)21(28)13-30-16-10-8-15(23)9-11-16/h5-11,14,20H,4,12-13H2,1-3H3,(H,26,29). The molecule has 8 heteroatoms. The van der Waals surface area contributed by atoms with Crippen LogP contribution in [-0.4, -0.2) is 35.4 Å². The number of rotatable bonds is 9. The molecule has 30 heavy (non-hydrogen) atoms. The highest BCUT2D eigenvalue weighted by atomic mass is 35.5. The van der Waals surface area contributed by atoms with Crippen molar-refractivity contribution in [2.45, 2.75) is 45.8 Å². The molecule has 2 amide bonds. The van der Waals surface area contributed by atoms with E-state index in [-0.39, 0.29) is 31.0 Å². The number of carbonyl (C=O) groups excluding carboxylic acids is 2. The van der Waals surface area contributed by atoms with Crippen LogP contribution in [0.3, 0.4) is 0 Å². The zero-order chi connectivity index (χ0) is 22.3. The summed E-state index contributed by atoms with van der Waals surface area (Å²) in [6.07, 6.45) is 0.424. The maximum absolute atomic E-state index is 13.1. The van der Waals surface area contributed by atoms with Crippen LogP contribution >= 0.6 is 34.8 Å². The molecule has 2 rings (SSSR count). The minimum absolute atomic E-state index is 0.0577. The number of hydrogen-bond donors (Lipinski definition) is 1. The highest BCUT2D eigenvalue weighted by Crippen LogP contribution is 2.27. The summed E-state index contributed by atoms with van der Waals surface area (Å²) in [5.41, 5.74) is 0.580. The lowest BCUT2D eigenvalue weighted by Gasteiger charge is -2.31. The molecule has 0 aliphatic heterocycles. The number of nitrogens with one attached hydrogen (secondary N) is 1. The molecule has 162 valence electrons. The first kappa shape index (κ1) is 24.3. The Kier molecular flexibility index (Phi) is 9.28. The van der Waals surface area contributed by atoms with Crippen LogP contribution in [0, 0.1) is 0 Å². The van der Waals surface area contributed by atoms with Gasteiger partial charge in [0.25, 0.3) is 5.91 Å². The predicted molar refractivity (Wildman–Crippen MR) is 121 cm³/mol. The number of nitrogens with zero attached hydrogens (tertiary/aromatic N) is 1. The van der Waals surface area contributed by atoms with Gasteiger partial charge in [-0.15, -0.1) is 0 Å². The predicted octanol–water partition coefficient (Wildman–Crippen LogP) is 5.36. The summed E-state index contributed by atoms with van der Waals surface area (Å²) in [6.45, 7) is 5.43. The summed E-state index contributed by atoms with van der Waals surface area (Å²) in [4.78, 5) is 27.3. The lowest BCUT2D eigenvalue weighted by atomic mass is 10.1. The molecule has 1 N–H and O–H groups in total. The molecule has 1 unspecified atom stereocenters. The molecule has 2 aromatic rings. The number of hydrogen-bond acceptors (Lipinski definition) is 3. The minimum Gasteiger partial charge on any atom is -0.484 e. The van der Waals surface area contributed by atoms with Gasteiger partial charge in [0, 0.05) is 33.2 Å². The molecule has 0 radical (unpaired) electrons. The van der Waals surface area contributed by atoms with Crippen molar-refractivity contribution in [2.75, 3.05) is 6.61 Å². The lowest BCUT2D eigenvalue weighted by molar-refractivity contribution is -0.143. The SMILES string of the molecule is CCC(C(=O)NC(C)C)N(Cc1c(Cl)cccc1Cl)C(=O)COc1ccc(Cl)cc1. The van der Waals surface area contributed by atoms with Crippen molar-refractivity contribution in [3.05, 3.63) is 63.1 Å². The second kappa shape index (κ2) is 11.4. The smallest absolute Gasteiger partial charge is 0.261 e. The molecular weight excluding hydrogens is 447 g/mol. The maximum atomic E-state index is 13.1. The third-order valence-electron chi connectivity index (χ3n) is 4.38. The van der Waals surface area contributed by atoms with Gasteiger partial charge in [-0.3, -0.25) is 9.59 Å². The Morgan fingerprint density at radius 3 is 2.17 bits per heavy atom. The van der Waals surface area contributed by atoms with E-state index >= 15 is 0 Å². The molecule has 0 aliphatic rings. The fraction of sp³-hybridized carbons (Fsp3) is 0.364. The molecular formula is C22H25Cl3N2O3. The van der Waals surface area contributed by atoms with Gasteiger partial charge in [-0.25, -0.2) is 0 Å². The van der Waals surface area contributed by atoms with Crippen molar-refractivity contribution in [1.29, 1.82) is 0 Å². The summed E-state index contributed by atoms with van der Waals surface area (Å²) < 4.78 is 5.61. The summed E-state index contributed by atoms with van der Waals surface area (Å²) in [5, 5.41) is 4.30. The fourth-order valence-corrected chi connectivity index (χ4v) is 3.56. The van der Waals surface area contributed by atoms with E-state index in [1.165, 1.54) is 4.90 Å². The number of ether oxygens (including phenoxy) is 1. The third-order valence-corrected chi connectivity index (χ3v) is 5.34. The van der Waals surface area contributed by atoms with Gasteiger partial charge < -0.3 is 15.0 Å². The molecule has 1 atom stereocenters. The number of carbonyl (C=O) groups is 2. The quantitative estimate of drug-likeness (QED) is 0.536. The Balaban J connectivity index is 2.27. The number of benzene rings is 2.